The molecule has 6 nitrogen and oxygen atoms in total. The molecule has 1 saturated heterocycles. The molecule has 1 aromatic carbocycles. The van der Waals surface area contributed by atoms with E-state index >= 15 is 0 Å². The smallest absolute Gasteiger partial charge is 0.329 e. The van der Waals surface area contributed by atoms with Crippen LogP contribution in [0.1, 0.15) is 45.7 Å². The third-order valence-corrected chi connectivity index (χ3v) is 6.67. The summed E-state index contributed by atoms with van der Waals surface area (Å²) in [6.07, 6.45) is 3.79. The molecule has 1 atom stereocenters. The van der Waals surface area contributed by atoms with Gasteiger partial charge in [-0.3, -0.25) is 14.5 Å². The van der Waals surface area contributed by atoms with E-state index in [2.05, 4.69) is 24.8 Å². The van der Waals surface area contributed by atoms with E-state index in [4.69, 9.17) is 16.3 Å². The Balaban J connectivity index is 1.97. The van der Waals surface area contributed by atoms with E-state index in [-0.39, 0.29) is 17.1 Å². The van der Waals surface area contributed by atoms with Crippen molar-refractivity contribution in [2.24, 2.45) is 0 Å². The number of nitrogens with zero attached hydrogens (tertiary/aromatic N) is 2. The van der Waals surface area contributed by atoms with Crippen LogP contribution in [0.3, 0.4) is 0 Å². The summed E-state index contributed by atoms with van der Waals surface area (Å²) in [4.78, 5) is 40.5. The molecule has 0 aromatic heterocycles. The van der Waals surface area contributed by atoms with Crippen LogP contribution in [-0.4, -0.2) is 47.3 Å². The van der Waals surface area contributed by atoms with Gasteiger partial charge in [-0.2, -0.15) is 0 Å². The number of thioether (sulfide) groups is 1. The molecule has 8 heteroatoms. The van der Waals surface area contributed by atoms with Crippen LogP contribution in [0.4, 0.5) is 10.5 Å². The molecule has 0 spiro atoms. The minimum absolute atomic E-state index is 0.145. The Morgan fingerprint density at radius 1 is 1.33 bits per heavy atom. The maximum Gasteiger partial charge on any atom is 0.329 e. The van der Waals surface area contributed by atoms with Gasteiger partial charge in [-0.25, -0.2) is 4.79 Å². The Labute approximate surface area is 185 Å². The van der Waals surface area contributed by atoms with E-state index < -0.39 is 23.2 Å². The molecule has 2 aliphatic heterocycles. The predicted molar refractivity (Wildman–Crippen MR) is 121 cm³/mol. The van der Waals surface area contributed by atoms with Gasteiger partial charge in [0.25, 0.3) is 11.1 Å². The van der Waals surface area contributed by atoms with Gasteiger partial charge in [0.2, 0.25) is 0 Å². The number of carbonyl (C=O) groups is 3. The van der Waals surface area contributed by atoms with Crippen LogP contribution in [0, 0.1) is 0 Å². The lowest BCUT2D eigenvalue weighted by molar-refractivity contribution is -0.150. The number of allylic oxidation sites excluding steroid dienone is 1. The summed E-state index contributed by atoms with van der Waals surface area (Å²) in [5.74, 6) is -1.14. The van der Waals surface area contributed by atoms with Crippen LogP contribution in [0.25, 0.3) is 11.6 Å². The molecule has 0 N–H and O–H groups in total. The predicted octanol–water partition coefficient (Wildman–Crippen LogP) is 4.96. The number of benzene rings is 1. The first kappa shape index (κ1) is 22.4. The third-order valence-electron chi connectivity index (χ3n) is 5.46. The molecule has 0 bridgehead atoms. The largest absolute Gasteiger partial charge is 0.464 e. The summed E-state index contributed by atoms with van der Waals surface area (Å²) in [5.41, 5.74) is 3.64. The SMILES string of the molecule is CCOC(=O)[C@H](C)N1C(=O)S/C(=C/c2cc3c(cc2Cl)N(C)C(C)(C)C=C3C)C1=O. The minimum Gasteiger partial charge on any atom is -0.464 e. The summed E-state index contributed by atoms with van der Waals surface area (Å²) in [5, 5.41) is -0.0187. The number of anilines is 1. The number of amides is 2. The molecule has 30 heavy (non-hydrogen) atoms. The summed E-state index contributed by atoms with van der Waals surface area (Å²) in [7, 11) is 2.01. The van der Waals surface area contributed by atoms with Crippen molar-refractivity contribution in [3.8, 4) is 0 Å². The lowest BCUT2D eigenvalue weighted by Crippen LogP contribution is -2.42. The zero-order chi connectivity index (χ0) is 22.4. The van der Waals surface area contributed by atoms with Gasteiger partial charge in [-0.05, 0) is 75.7 Å². The average molecular weight is 449 g/mol. The molecular formula is C22H25ClN2O4S. The Hall–Kier alpha value is -2.25. The van der Waals surface area contributed by atoms with Crippen molar-refractivity contribution in [1.29, 1.82) is 0 Å². The quantitative estimate of drug-likeness (QED) is 0.479. The second-order valence-electron chi connectivity index (χ2n) is 7.91. The normalized spacial score (nSPS) is 20.4. The molecule has 0 saturated carbocycles. The van der Waals surface area contributed by atoms with Gasteiger partial charge in [-0.15, -0.1) is 0 Å². The first-order chi connectivity index (χ1) is 14.0. The van der Waals surface area contributed by atoms with Crippen molar-refractivity contribution in [3.63, 3.8) is 0 Å². The van der Waals surface area contributed by atoms with Crippen LogP contribution < -0.4 is 4.90 Å². The molecule has 2 aliphatic rings. The topological polar surface area (TPSA) is 66.9 Å². The van der Waals surface area contributed by atoms with Gasteiger partial charge in [0.05, 0.1) is 17.1 Å². The zero-order valence-electron chi connectivity index (χ0n) is 17.9. The fraction of sp³-hybridized carbons (Fsp3) is 0.409. The summed E-state index contributed by atoms with van der Waals surface area (Å²) in [6.45, 7) is 9.63. The summed E-state index contributed by atoms with van der Waals surface area (Å²) in [6, 6.07) is 2.83. The summed E-state index contributed by atoms with van der Waals surface area (Å²) < 4.78 is 4.94. The fourth-order valence-corrected chi connectivity index (χ4v) is 4.73. The van der Waals surface area contributed by atoms with Crippen molar-refractivity contribution in [2.45, 2.75) is 46.2 Å². The number of halogens is 1. The first-order valence-corrected chi connectivity index (χ1v) is 10.9. The van der Waals surface area contributed by atoms with Gasteiger partial charge in [0.1, 0.15) is 6.04 Å². The molecule has 1 fully saturated rings. The Morgan fingerprint density at radius 3 is 2.63 bits per heavy atom. The number of imide groups is 1. The lowest BCUT2D eigenvalue weighted by Gasteiger charge is -2.40. The number of ether oxygens (including phenoxy) is 1. The standard InChI is InChI=1S/C22H25ClN2O4S/c1-7-29-20(27)13(3)25-19(26)18(30-21(25)28)9-14-8-15-12(2)11-22(4,5)24(6)17(15)10-16(14)23/h8-11,13H,7H2,1-6H3/b18-9+/t13-/m0/s1. The first-order valence-electron chi connectivity index (χ1n) is 9.68. The highest BCUT2D eigenvalue weighted by atomic mass is 35.5. The molecule has 1 aromatic rings. The van der Waals surface area contributed by atoms with Crippen LogP contribution in [0.15, 0.2) is 23.1 Å². The number of hydrogen-bond acceptors (Lipinski definition) is 6. The van der Waals surface area contributed by atoms with Crippen molar-refractivity contribution < 1.29 is 19.1 Å². The molecule has 160 valence electrons. The van der Waals surface area contributed by atoms with Crippen LogP contribution >= 0.6 is 23.4 Å². The molecular weight excluding hydrogens is 424 g/mol. The van der Waals surface area contributed by atoms with Crippen molar-refractivity contribution in [3.05, 3.63) is 39.3 Å². The number of rotatable bonds is 4. The van der Waals surface area contributed by atoms with Crippen molar-refractivity contribution in [1.82, 2.24) is 4.90 Å². The monoisotopic (exact) mass is 448 g/mol. The number of esters is 1. The van der Waals surface area contributed by atoms with E-state index in [0.29, 0.717) is 10.6 Å². The number of carbonyl (C=O) groups excluding carboxylic acids is 3. The van der Waals surface area contributed by atoms with E-state index in [1.54, 1.807) is 13.0 Å². The second kappa shape index (κ2) is 8.12. The lowest BCUT2D eigenvalue weighted by atomic mass is 9.88. The van der Waals surface area contributed by atoms with Crippen LogP contribution in [0.5, 0.6) is 0 Å². The summed E-state index contributed by atoms with van der Waals surface area (Å²) >= 11 is 7.33. The van der Waals surface area contributed by atoms with E-state index in [0.717, 1.165) is 33.5 Å². The van der Waals surface area contributed by atoms with E-state index in [1.807, 2.05) is 26.1 Å². The van der Waals surface area contributed by atoms with Gasteiger partial charge >= 0.3 is 5.97 Å². The Morgan fingerprint density at radius 2 is 2.00 bits per heavy atom. The van der Waals surface area contributed by atoms with Crippen LogP contribution in [0.2, 0.25) is 5.02 Å². The van der Waals surface area contributed by atoms with E-state index in [1.165, 1.54) is 6.92 Å². The van der Waals surface area contributed by atoms with Gasteiger partial charge < -0.3 is 9.64 Å². The molecule has 2 amide bonds. The fourth-order valence-electron chi connectivity index (χ4n) is 3.62. The third kappa shape index (κ3) is 3.88. The second-order valence-corrected chi connectivity index (χ2v) is 9.31. The number of hydrogen-bond donors (Lipinski definition) is 0. The zero-order valence-corrected chi connectivity index (χ0v) is 19.5. The van der Waals surface area contributed by atoms with Gasteiger partial charge in [-0.1, -0.05) is 17.7 Å². The van der Waals surface area contributed by atoms with Gasteiger partial charge in [0.15, 0.2) is 0 Å². The maximum atomic E-state index is 12.8. The van der Waals surface area contributed by atoms with Gasteiger partial charge in [0, 0.05) is 23.3 Å². The molecule has 0 aliphatic carbocycles. The Bertz CT molecular complexity index is 999. The highest BCUT2D eigenvalue weighted by Gasteiger charge is 2.41. The highest BCUT2D eigenvalue weighted by molar-refractivity contribution is 8.18. The Kier molecular flexibility index (Phi) is 6.07. The molecule has 3 rings (SSSR count). The van der Waals surface area contributed by atoms with Crippen molar-refractivity contribution in [2.75, 3.05) is 18.6 Å². The number of fused-ring (bicyclic) bond motifs is 1. The number of likely N-dealkylation sites (N-methyl/N-ethyl adjacent to an activating group) is 1. The molecule has 2 heterocycles. The van der Waals surface area contributed by atoms with E-state index in [9.17, 15) is 14.4 Å². The molecule has 0 radical (unpaired) electrons. The maximum absolute atomic E-state index is 12.8. The van der Waals surface area contributed by atoms with Crippen LogP contribution in [-0.2, 0) is 14.3 Å². The molecule has 0 unspecified atom stereocenters. The highest BCUT2D eigenvalue weighted by Crippen LogP contribution is 2.42. The van der Waals surface area contributed by atoms with Crippen molar-refractivity contribution >= 4 is 57.8 Å². The average Bonchev–Trinajstić information content (AvgIpc) is 2.93. The minimum atomic E-state index is -0.983.